The Bertz CT molecular complexity index is 777. The van der Waals surface area contributed by atoms with Gasteiger partial charge in [-0.15, -0.1) is 0 Å². The number of Topliss-reactive ketones (excluding diaryl/α,β-unsaturated/α-hetero) is 1. The monoisotopic (exact) mass is 367 g/mol. The lowest BCUT2D eigenvalue weighted by Gasteiger charge is -2.22. The maximum absolute atomic E-state index is 12.8. The van der Waals surface area contributed by atoms with E-state index < -0.39 is 12.2 Å². The third-order valence-electron chi connectivity index (χ3n) is 5.18. The Kier molecular flexibility index (Phi) is 6.24. The fourth-order valence-electron chi connectivity index (χ4n) is 3.60. The van der Waals surface area contributed by atoms with E-state index in [4.69, 9.17) is 9.84 Å². The van der Waals surface area contributed by atoms with Gasteiger partial charge in [0.25, 0.3) is 0 Å². The van der Waals surface area contributed by atoms with Gasteiger partial charge in [-0.3, -0.25) is 4.79 Å². The third-order valence-corrected chi connectivity index (χ3v) is 5.18. The maximum atomic E-state index is 12.8. The average molecular weight is 367 g/mol. The van der Waals surface area contributed by atoms with E-state index in [0.717, 1.165) is 0 Å². The van der Waals surface area contributed by atoms with Crippen LogP contribution in [0.3, 0.4) is 0 Å². The number of carboxylic acids is 1. The van der Waals surface area contributed by atoms with Crippen molar-refractivity contribution in [3.63, 3.8) is 0 Å². The number of anilines is 1. The Hall–Kier alpha value is -2.66. The molecule has 3 rings (SSSR count). The first-order valence-corrected chi connectivity index (χ1v) is 9.35. The molecule has 1 fully saturated rings. The van der Waals surface area contributed by atoms with Crippen LogP contribution in [0.2, 0.25) is 0 Å². The number of rotatable bonds is 7. The van der Waals surface area contributed by atoms with E-state index in [1.165, 1.54) is 56.9 Å². The number of benzene rings is 2. The minimum atomic E-state index is -0.987. The van der Waals surface area contributed by atoms with E-state index in [1.807, 2.05) is 12.1 Å². The second-order valence-corrected chi connectivity index (χ2v) is 6.96. The fraction of sp³-hybridized carbons (Fsp3) is 0.364. The van der Waals surface area contributed by atoms with Crippen molar-refractivity contribution in [2.75, 3.05) is 12.4 Å². The lowest BCUT2D eigenvalue weighted by atomic mass is 9.84. The van der Waals surface area contributed by atoms with Crippen LogP contribution >= 0.6 is 0 Å². The number of carbonyl (C=O) groups is 2. The third kappa shape index (κ3) is 4.74. The summed E-state index contributed by atoms with van der Waals surface area (Å²) in [5, 5.41) is 12.0. The van der Waals surface area contributed by atoms with Crippen molar-refractivity contribution >= 4 is 17.4 Å². The zero-order chi connectivity index (χ0) is 19.2. The van der Waals surface area contributed by atoms with Gasteiger partial charge < -0.3 is 15.2 Å². The van der Waals surface area contributed by atoms with Gasteiger partial charge in [0.2, 0.25) is 5.78 Å². The van der Waals surface area contributed by atoms with Crippen LogP contribution in [0, 0.1) is 0 Å². The molecule has 142 valence electrons. The van der Waals surface area contributed by atoms with Crippen molar-refractivity contribution in [2.45, 2.75) is 44.2 Å². The van der Waals surface area contributed by atoms with Crippen LogP contribution < -0.4 is 5.32 Å². The molecule has 0 bridgehead atoms. The summed E-state index contributed by atoms with van der Waals surface area (Å²) in [4.78, 5) is 23.7. The van der Waals surface area contributed by atoms with Crippen LogP contribution in [-0.4, -0.2) is 30.2 Å². The van der Waals surface area contributed by atoms with Crippen LogP contribution in [0.1, 0.15) is 64.3 Å². The lowest BCUT2D eigenvalue weighted by Crippen LogP contribution is -2.31. The van der Waals surface area contributed by atoms with Crippen LogP contribution in [0.5, 0.6) is 0 Å². The molecule has 0 heterocycles. The zero-order valence-corrected chi connectivity index (χ0v) is 15.5. The SMILES string of the molecule is COC(Nc1ccc(C(=O)O)cc1)C(=O)c1ccc(C2CCCCC2)cc1. The predicted octanol–water partition coefficient (Wildman–Crippen LogP) is 4.70. The van der Waals surface area contributed by atoms with Crippen LogP contribution in [0.4, 0.5) is 5.69 Å². The summed E-state index contributed by atoms with van der Waals surface area (Å²) in [6.45, 7) is 0. The summed E-state index contributed by atoms with van der Waals surface area (Å²) in [6, 6.07) is 14.1. The number of carboxylic acid groups (broad SMARTS) is 1. The van der Waals surface area contributed by atoms with Gasteiger partial charge >= 0.3 is 5.97 Å². The molecule has 0 saturated heterocycles. The molecule has 0 amide bonds. The van der Waals surface area contributed by atoms with Gasteiger partial charge in [0, 0.05) is 18.4 Å². The van der Waals surface area contributed by atoms with Crippen molar-refractivity contribution in [1.29, 1.82) is 0 Å². The van der Waals surface area contributed by atoms with Gasteiger partial charge in [-0.1, -0.05) is 43.5 Å². The average Bonchev–Trinajstić information content (AvgIpc) is 2.72. The highest BCUT2D eigenvalue weighted by atomic mass is 16.5. The van der Waals surface area contributed by atoms with Crippen molar-refractivity contribution < 1.29 is 19.4 Å². The zero-order valence-electron chi connectivity index (χ0n) is 15.5. The molecule has 0 radical (unpaired) electrons. The first-order valence-electron chi connectivity index (χ1n) is 9.35. The first-order chi connectivity index (χ1) is 13.1. The minimum absolute atomic E-state index is 0.157. The largest absolute Gasteiger partial charge is 0.478 e. The predicted molar refractivity (Wildman–Crippen MR) is 104 cm³/mol. The van der Waals surface area contributed by atoms with E-state index >= 15 is 0 Å². The van der Waals surface area contributed by atoms with Crippen molar-refractivity contribution in [3.8, 4) is 0 Å². The van der Waals surface area contributed by atoms with Crippen molar-refractivity contribution in [1.82, 2.24) is 0 Å². The summed E-state index contributed by atoms with van der Waals surface area (Å²) in [5.74, 6) is -0.541. The number of carbonyl (C=O) groups excluding carboxylic acids is 1. The molecule has 1 saturated carbocycles. The van der Waals surface area contributed by atoms with Crippen LogP contribution in [0.15, 0.2) is 48.5 Å². The lowest BCUT2D eigenvalue weighted by molar-refractivity contribution is 0.0674. The Balaban J connectivity index is 1.67. The van der Waals surface area contributed by atoms with Crippen LogP contribution in [-0.2, 0) is 4.74 Å². The number of aromatic carboxylic acids is 1. The molecule has 27 heavy (non-hydrogen) atoms. The summed E-state index contributed by atoms with van der Waals surface area (Å²) in [5.41, 5.74) is 2.71. The van der Waals surface area contributed by atoms with Crippen molar-refractivity contribution in [3.05, 3.63) is 65.2 Å². The molecule has 1 aliphatic rings. The number of ketones is 1. The van der Waals surface area contributed by atoms with Gasteiger partial charge in [-0.25, -0.2) is 4.79 Å². The van der Waals surface area contributed by atoms with E-state index in [1.54, 1.807) is 12.1 Å². The van der Waals surface area contributed by atoms with E-state index in [9.17, 15) is 9.59 Å². The quantitative estimate of drug-likeness (QED) is 0.548. The molecular formula is C22H25NO4. The molecule has 0 aliphatic heterocycles. The Labute approximate surface area is 159 Å². The number of hydrogen-bond acceptors (Lipinski definition) is 4. The van der Waals surface area contributed by atoms with Crippen LogP contribution in [0.25, 0.3) is 0 Å². The van der Waals surface area contributed by atoms with Crippen molar-refractivity contribution in [2.24, 2.45) is 0 Å². The second kappa shape index (κ2) is 8.82. The number of methoxy groups -OCH3 is 1. The summed E-state index contributed by atoms with van der Waals surface area (Å²) >= 11 is 0. The molecular weight excluding hydrogens is 342 g/mol. The Morgan fingerprint density at radius 3 is 2.11 bits per heavy atom. The minimum Gasteiger partial charge on any atom is -0.478 e. The maximum Gasteiger partial charge on any atom is 0.335 e. The molecule has 5 heteroatoms. The van der Waals surface area contributed by atoms with E-state index in [-0.39, 0.29) is 11.3 Å². The highest BCUT2D eigenvalue weighted by Crippen LogP contribution is 2.32. The molecule has 0 spiro atoms. The van der Waals surface area contributed by atoms with Gasteiger partial charge in [0.1, 0.15) is 0 Å². The van der Waals surface area contributed by atoms with Gasteiger partial charge in [-0.2, -0.15) is 0 Å². The van der Waals surface area contributed by atoms with Gasteiger partial charge in [0.05, 0.1) is 5.56 Å². The molecule has 2 N–H and O–H groups in total. The molecule has 1 unspecified atom stereocenters. The molecule has 1 atom stereocenters. The van der Waals surface area contributed by atoms with E-state index in [0.29, 0.717) is 17.2 Å². The van der Waals surface area contributed by atoms with E-state index in [2.05, 4.69) is 17.4 Å². The normalized spacial score (nSPS) is 15.9. The fourth-order valence-corrected chi connectivity index (χ4v) is 3.60. The number of nitrogens with one attached hydrogen (secondary N) is 1. The summed E-state index contributed by atoms with van der Waals surface area (Å²) < 4.78 is 5.32. The molecule has 2 aromatic carbocycles. The summed E-state index contributed by atoms with van der Waals surface area (Å²) in [7, 11) is 1.47. The molecule has 0 aromatic heterocycles. The second-order valence-electron chi connectivity index (χ2n) is 6.96. The number of ether oxygens (including phenoxy) is 1. The van der Waals surface area contributed by atoms with Gasteiger partial charge in [0.15, 0.2) is 6.23 Å². The first kappa shape index (κ1) is 19.1. The topological polar surface area (TPSA) is 75.6 Å². The highest BCUT2D eigenvalue weighted by Gasteiger charge is 2.21. The Morgan fingerprint density at radius 1 is 0.963 bits per heavy atom. The molecule has 2 aromatic rings. The van der Waals surface area contributed by atoms with Gasteiger partial charge in [-0.05, 0) is 48.6 Å². The number of hydrogen-bond donors (Lipinski definition) is 2. The summed E-state index contributed by atoms with van der Waals surface area (Å²) in [6.07, 6.45) is 5.50. The standard InChI is InChI=1S/C22H25NO4/c1-27-21(23-19-13-11-18(12-14-19)22(25)26)20(24)17-9-7-16(8-10-17)15-5-3-2-4-6-15/h7-15,21,23H,2-6H2,1H3,(H,25,26). The smallest absolute Gasteiger partial charge is 0.335 e. The Morgan fingerprint density at radius 2 is 1.56 bits per heavy atom. The highest BCUT2D eigenvalue weighted by molar-refractivity contribution is 6.00. The molecule has 1 aliphatic carbocycles. The molecule has 5 nitrogen and oxygen atoms in total.